The molecular formula is C17H20ClFN4O4S. The minimum absolute atomic E-state index is 0.00820. The number of aromatic nitrogens is 2. The highest BCUT2D eigenvalue weighted by Gasteiger charge is 2.23. The average Bonchev–Trinajstić information content (AvgIpc) is 3.04. The highest BCUT2D eigenvalue weighted by Crippen LogP contribution is 2.24. The van der Waals surface area contributed by atoms with Crippen LogP contribution in [-0.4, -0.2) is 42.8 Å². The van der Waals surface area contributed by atoms with E-state index in [0.717, 1.165) is 0 Å². The molecule has 1 saturated heterocycles. The van der Waals surface area contributed by atoms with Gasteiger partial charge in [-0.3, -0.25) is 10.2 Å². The Morgan fingerprint density at radius 2 is 2.11 bits per heavy atom. The lowest BCUT2D eigenvalue weighted by Crippen LogP contribution is -2.44. The Morgan fingerprint density at radius 1 is 1.39 bits per heavy atom. The molecule has 2 aromatic rings. The number of ether oxygens (including phenoxy) is 1. The number of carbonyl (C=O) groups is 1. The van der Waals surface area contributed by atoms with Crippen LogP contribution in [0.5, 0.6) is 0 Å². The SMILES string of the molecule is Cn1cc(-c2ccc(F)c(Cl)c2)nc1C(=O)NNS(=O)(=O)CC1CCOCC1. The van der Waals surface area contributed by atoms with Crippen molar-refractivity contribution in [2.45, 2.75) is 12.8 Å². The van der Waals surface area contributed by atoms with E-state index in [0.29, 0.717) is 37.3 Å². The van der Waals surface area contributed by atoms with Gasteiger partial charge in [0.15, 0.2) is 0 Å². The lowest BCUT2D eigenvalue weighted by atomic mass is 10.0. The highest BCUT2D eigenvalue weighted by atomic mass is 35.5. The molecule has 1 amide bonds. The first kappa shape index (κ1) is 20.7. The number of nitrogens with zero attached hydrogens (tertiary/aromatic N) is 2. The number of hydrogen-bond acceptors (Lipinski definition) is 5. The summed E-state index contributed by atoms with van der Waals surface area (Å²) in [6.07, 6.45) is 2.89. The summed E-state index contributed by atoms with van der Waals surface area (Å²) in [7, 11) is -2.10. The van der Waals surface area contributed by atoms with E-state index in [9.17, 15) is 17.6 Å². The smallest absolute Gasteiger partial charge is 0.302 e. The summed E-state index contributed by atoms with van der Waals surface area (Å²) in [5, 5.41) is -0.0602. The van der Waals surface area contributed by atoms with E-state index in [1.165, 1.54) is 22.8 Å². The van der Waals surface area contributed by atoms with Crippen molar-refractivity contribution in [2.75, 3.05) is 19.0 Å². The number of hydrazine groups is 1. The van der Waals surface area contributed by atoms with Gasteiger partial charge in [0.2, 0.25) is 15.8 Å². The number of aryl methyl sites for hydroxylation is 1. The fourth-order valence-corrected chi connectivity index (χ4v) is 4.38. The van der Waals surface area contributed by atoms with Gasteiger partial charge in [0.1, 0.15) is 5.82 Å². The summed E-state index contributed by atoms with van der Waals surface area (Å²) in [6, 6.07) is 4.09. The van der Waals surface area contributed by atoms with Gasteiger partial charge in [-0.1, -0.05) is 11.6 Å². The minimum atomic E-state index is -3.69. The topological polar surface area (TPSA) is 102 Å². The molecule has 1 aliphatic rings. The van der Waals surface area contributed by atoms with Crippen LogP contribution in [-0.2, 0) is 21.8 Å². The number of carbonyl (C=O) groups excluding carboxylic acids is 1. The number of nitrogens with one attached hydrogen (secondary N) is 2. The summed E-state index contributed by atoms with van der Waals surface area (Å²) < 4.78 is 44.3. The van der Waals surface area contributed by atoms with E-state index >= 15 is 0 Å². The Balaban J connectivity index is 1.65. The molecule has 1 fully saturated rings. The maximum Gasteiger partial charge on any atom is 0.302 e. The van der Waals surface area contributed by atoms with Gasteiger partial charge in [0, 0.05) is 32.0 Å². The normalized spacial score (nSPS) is 15.5. The molecule has 152 valence electrons. The number of benzene rings is 1. The molecule has 3 rings (SSSR count). The second kappa shape index (κ2) is 8.56. The lowest BCUT2D eigenvalue weighted by Gasteiger charge is -2.21. The molecule has 11 heteroatoms. The van der Waals surface area contributed by atoms with Gasteiger partial charge in [-0.05, 0) is 37.0 Å². The Bertz CT molecular complexity index is 974. The molecule has 0 bridgehead atoms. The molecule has 28 heavy (non-hydrogen) atoms. The fourth-order valence-electron chi connectivity index (χ4n) is 2.92. The van der Waals surface area contributed by atoms with Crippen molar-refractivity contribution >= 4 is 27.5 Å². The predicted molar refractivity (Wildman–Crippen MR) is 102 cm³/mol. The van der Waals surface area contributed by atoms with E-state index in [1.807, 2.05) is 0 Å². The van der Waals surface area contributed by atoms with Crippen LogP contribution in [0.2, 0.25) is 5.02 Å². The number of amides is 1. The number of halogens is 2. The number of rotatable bonds is 6. The third-order valence-electron chi connectivity index (χ3n) is 4.41. The molecule has 0 unspecified atom stereocenters. The van der Waals surface area contributed by atoms with Crippen molar-refractivity contribution in [3.8, 4) is 11.3 Å². The predicted octanol–water partition coefficient (Wildman–Crippen LogP) is 1.87. The fraction of sp³-hybridized carbons (Fsp3) is 0.412. The Hall–Kier alpha value is -2.01. The molecule has 0 saturated carbocycles. The molecule has 2 N–H and O–H groups in total. The zero-order valence-corrected chi connectivity index (χ0v) is 16.7. The monoisotopic (exact) mass is 430 g/mol. The molecule has 1 aromatic carbocycles. The summed E-state index contributed by atoms with van der Waals surface area (Å²) in [4.78, 5) is 18.6. The molecular weight excluding hydrogens is 411 g/mol. The van der Waals surface area contributed by atoms with Crippen LogP contribution in [0.15, 0.2) is 24.4 Å². The van der Waals surface area contributed by atoms with Crippen LogP contribution in [0, 0.1) is 11.7 Å². The molecule has 0 atom stereocenters. The second-order valence-corrected chi connectivity index (χ2v) is 8.76. The maximum absolute atomic E-state index is 13.3. The van der Waals surface area contributed by atoms with Gasteiger partial charge in [-0.25, -0.2) is 17.8 Å². The second-order valence-electron chi connectivity index (χ2n) is 6.58. The molecule has 1 aliphatic heterocycles. The summed E-state index contributed by atoms with van der Waals surface area (Å²) in [5.41, 5.74) is 3.11. The van der Waals surface area contributed by atoms with Gasteiger partial charge in [0.05, 0.1) is 16.5 Å². The summed E-state index contributed by atoms with van der Waals surface area (Å²) in [5.74, 6) is -1.37. The molecule has 0 radical (unpaired) electrons. The van der Waals surface area contributed by atoms with Crippen LogP contribution in [0.1, 0.15) is 23.5 Å². The molecule has 1 aromatic heterocycles. The third kappa shape index (κ3) is 5.07. The van der Waals surface area contributed by atoms with Gasteiger partial charge >= 0.3 is 5.91 Å². The Kier molecular flexibility index (Phi) is 6.33. The van der Waals surface area contributed by atoms with Gasteiger partial charge in [-0.15, -0.1) is 4.83 Å². The zero-order chi connectivity index (χ0) is 20.3. The Labute approximate surface area is 167 Å². The third-order valence-corrected chi connectivity index (χ3v) is 6.02. The van der Waals surface area contributed by atoms with Crippen LogP contribution < -0.4 is 10.3 Å². The number of imidazole rings is 1. The lowest BCUT2D eigenvalue weighted by molar-refractivity contribution is 0.0722. The molecule has 0 spiro atoms. The van der Waals surface area contributed by atoms with E-state index < -0.39 is 21.7 Å². The Morgan fingerprint density at radius 3 is 2.79 bits per heavy atom. The van der Waals surface area contributed by atoms with Gasteiger partial charge < -0.3 is 9.30 Å². The van der Waals surface area contributed by atoms with Crippen molar-refractivity contribution in [2.24, 2.45) is 13.0 Å². The maximum atomic E-state index is 13.3. The largest absolute Gasteiger partial charge is 0.381 e. The van der Waals surface area contributed by atoms with Gasteiger partial charge in [0.25, 0.3) is 0 Å². The standard InChI is InChI=1S/C17H20ClFN4O4S/c1-23-9-15(12-2-3-14(19)13(18)8-12)20-16(23)17(24)21-22-28(25,26)10-11-4-6-27-7-5-11/h2-3,8-9,11,22H,4-7,10H2,1H3,(H,21,24). The number of sulfonamides is 1. The highest BCUT2D eigenvalue weighted by molar-refractivity contribution is 7.89. The first-order chi connectivity index (χ1) is 13.2. The van der Waals surface area contributed by atoms with E-state index in [1.54, 1.807) is 13.2 Å². The zero-order valence-electron chi connectivity index (χ0n) is 15.1. The van der Waals surface area contributed by atoms with Crippen LogP contribution in [0.4, 0.5) is 4.39 Å². The molecule has 0 aliphatic carbocycles. The van der Waals surface area contributed by atoms with Gasteiger partial charge in [-0.2, -0.15) is 0 Å². The molecule has 2 heterocycles. The van der Waals surface area contributed by atoms with Crippen molar-refractivity contribution < 1.29 is 22.3 Å². The average molecular weight is 431 g/mol. The summed E-state index contributed by atoms with van der Waals surface area (Å²) >= 11 is 5.78. The van der Waals surface area contributed by atoms with Crippen LogP contribution >= 0.6 is 11.6 Å². The minimum Gasteiger partial charge on any atom is -0.381 e. The van der Waals surface area contributed by atoms with E-state index in [2.05, 4.69) is 15.2 Å². The van der Waals surface area contributed by atoms with E-state index in [-0.39, 0.29) is 22.5 Å². The van der Waals surface area contributed by atoms with Crippen molar-refractivity contribution in [1.82, 2.24) is 19.8 Å². The van der Waals surface area contributed by atoms with Crippen LogP contribution in [0.3, 0.4) is 0 Å². The number of hydrogen-bond donors (Lipinski definition) is 2. The molecule has 8 nitrogen and oxygen atoms in total. The van der Waals surface area contributed by atoms with Crippen molar-refractivity contribution in [1.29, 1.82) is 0 Å². The van der Waals surface area contributed by atoms with Crippen LogP contribution in [0.25, 0.3) is 11.3 Å². The summed E-state index contributed by atoms with van der Waals surface area (Å²) in [6.45, 7) is 1.08. The quantitative estimate of drug-likeness (QED) is 0.681. The first-order valence-corrected chi connectivity index (χ1v) is 10.6. The van der Waals surface area contributed by atoms with E-state index in [4.69, 9.17) is 16.3 Å². The van der Waals surface area contributed by atoms with Crippen molar-refractivity contribution in [3.05, 3.63) is 41.1 Å². The first-order valence-electron chi connectivity index (χ1n) is 8.61. The van der Waals surface area contributed by atoms with Crippen molar-refractivity contribution in [3.63, 3.8) is 0 Å².